The second kappa shape index (κ2) is 13.3. The summed E-state index contributed by atoms with van der Waals surface area (Å²) >= 11 is 0. The van der Waals surface area contributed by atoms with Crippen molar-refractivity contribution in [1.82, 2.24) is 5.32 Å². The molecule has 16 heteroatoms. The first kappa shape index (κ1) is 31.9. The maximum atomic E-state index is 12.3. The summed E-state index contributed by atoms with van der Waals surface area (Å²) < 4.78 is 27.2. The fourth-order valence-electron chi connectivity index (χ4n) is 4.43. The standard InChI is InChI=1S/C24H35NO15/c1-10(27)25-16-13(28)7-24(23(34)35,40-21(16)17(30)14(29)8-26)37-9-15-18(31)19(32)20(33)22(39-15)38-12-5-3-11(36-2)4-6-12/h3-6,13-22,26,28-33H,7-9H2,1-2H3,(H,25,27)(H,34,35)/t13-,14+,15+,16+,17+,18-,19-,20+,21+,22+,24+/m0/s1. The zero-order valence-corrected chi connectivity index (χ0v) is 21.6. The van der Waals surface area contributed by atoms with Crippen LogP contribution in [0.5, 0.6) is 11.5 Å². The quantitative estimate of drug-likeness (QED) is 0.122. The van der Waals surface area contributed by atoms with E-state index in [2.05, 4.69) is 5.32 Å². The Morgan fingerprint density at radius 2 is 1.70 bits per heavy atom. The molecule has 2 heterocycles. The first-order chi connectivity index (χ1) is 18.8. The van der Waals surface area contributed by atoms with Gasteiger partial charge < -0.3 is 69.9 Å². The van der Waals surface area contributed by atoms with E-state index in [1.54, 1.807) is 12.1 Å². The summed E-state index contributed by atoms with van der Waals surface area (Å²) in [6.07, 6.45) is -16.4. The molecule has 0 unspecified atom stereocenters. The van der Waals surface area contributed by atoms with Crippen molar-refractivity contribution >= 4 is 11.9 Å². The highest BCUT2D eigenvalue weighted by Gasteiger charge is 2.56. The lowest BCUT2D eigenvalue weighted by atomic mass is 9.88. The molecule has 2 aliphatic rings. The normalized spacial score (nSPS) is 35.8. The number of rotatable bonds is 11. The Morgan fingerprint density at radius 1 is 1.07 bits per heavy atom. The zero-order chi connectivity index (χ0) is 29.8. The van der Waals surface area contributed by atoms with Crippen LogP contribution in [0.25, 0.3) is 0 Å². The lowest BCUT2D eigenvalue weighted by Gasteiger charge is -2.47. The summed E-state index contributed by atoms with van der Waals surface area (Å²) in [7, 11) is 1.46. The number of carbonyl (C=O) groups is 2. The molecule has 0 aliphatic carbocycles. The predicted octanol–water partition coefficient (Wildman–Crippen LogP) is -3.95. The Balaban J connectivity index is 1.80. The van der Waals surface area contributed by atoms with Crippen molar-refractivity contribution in [3.8, 4) is 11.5 Å². The number of carboxylic acids is 1. The second-order valence-electron chi connectivity index (χ2n) is 9.50. The van der Waals surface area contributed by atoms with E-state index < -0.39 is 98.5 Å². The van der Waals surface area contributed by atoms with Crippen LogP contribution in [0.3, 0.4) is 0 Å². The molecule has 1 aromatic rings. The number of nitrogens with one attached hydrogen (secondary N) is 1. The first-order valence-corrected chi connectivity index (χ1v) is 12.3. The van der Waals surface area contributed by atoms with E-state index in [1.165, 1.54) is 19.2 Å². The maximum Gasteiger partial charge on any atom is 0.364 e. The van der Waals surface area contributed by atoms with Crippen molar-refractivity contribution in [2.24, 2.45) is 0 Å². The minimum Gasteiger partial charge on any atom is -0.497 e. The van der Waals surface area contributed by atoms with Crippen LogP contribution in [0, 0.1) is 0 Å². The molecule has 40 heavy (non-hydrogen) atoms. The van der Waals surface area contributed by atoms with Gasteiger partial charge in [-0.15, -0.1) is 0 Å². The fourth-order valence-corrected chi connectivity index (χ4v) is 4.43. The van der Waals surface area contributed by atoms with Gasteiger partial charge in [0, 0.05) is 13.3 Å². The van der Waals surface area contributed by atoms with Crippen molar-refractivity contribution in [3.05, 3.63) is 24.3 Å². The molecule has 2 fully saturated rings. The third kappa shape index (κ3) is 6.98. The van der Waals surface area contributed by atoms with Gasteiger partial charge in [0.25, 0.3) is 5.79 Å². The topological polar surface area (TPSA) is 254 Å². The largest absolute Gasteiger partial charge is 0.497 e. The first-order valence-electron chi connectivity index (χ1n) is 12.3. The number of carboxylic acid groups (broad SMARTS) is 1. The van der Waals surface area contributed by atoms with Gasteiger partial charge in [0.1, 0.15) is 54.2 Å². The summed E-state index contributed by atoms with van der Waals surface area (Å²) in [5, 5.41) is 83.9. The number of ether oxygens (including phenoxy) is 5. The average molecular weight is 578 g/mol. The van der Waals surface area contributed by atoms with Crippen molar-refractivity contribution in [3.63, 3.8) is 0 Å². The molecule has 3 rings (SSSR count). The van der Waals surface area contributed by atoms with E-state index >= 15 is 0 Å². The van der Waals surface area contributed by atoms with Gasteiger partial charge >= 0.3 is 5.97 Å². The predicted molar refractivity (Wildman–Crippen MR) is 129 cm³/mol. The lowest BCUT2D eigenvalue weighted by molar-refractivity contribution is -0.332. The molecule has 11 atom stereocenters. The van der Waals surface area contributed by atoms with E-state index in [4.69, 9.17) is 23.7 Å². The van der Waals surface area contributed by atoms with Crippen LogP contribution >= 0.6 is 0 Å². The SMILES string of the molecule is COc1ccc(O[C@@H]2O[C@H](CO[C@]3(C(=O)O)C[C@H](O)[C@@H](NC(C)=O)[C@H]([C@H](O)[C@H](O)CO)O3)[C@H](O)[C@H](O)[C@H]2O)cc1. The number of amides is 1. The van der Waals surface area contributed by atoms with Crippen LogP contribution < -0.4 is 14.8 Å². The van der Waals surface area contributed by atoms with Gasteiger partial charge in [-0.25, -0.2) is 4.79 Å². The summed E-state index contributed by atoms with van der Waals surface area (Å²) in [4.78, 5) is 24.0. The van der Waals surface area contributed by atoms with Crippen LogP contribution in [0.15, 0.2) is 24.3 Å². The van der Waals surface area contributed by atoms with Gasteiger partial charge in [0.2, 0.25) is 12.2 Å². The van der Waals surface area contributed by atoms with Crippen LogP contribution in [0.2, 0.25) is 0 Å². The van der Waals surface area contributed by atoms with Crippen LogP contribution in [0.1, 0.15) is 13.3 Å². The highest BCUT2D eigenvalue weighted by atomic mass is 16.7. The Kier molecular flexibility index (Phi) is 10.6. The average Bonchev–Trinajstić information content (AvgIpc) is 2.93. The Labute approximate surface area is 228 Å². The number of aliphatic hydroxyl groups is 7. The monoisotopic (exact) mass is 577 g/mol. The Bertz CT molecular complexity index is 995. The molecule has 2 aliphatic heterocycles. The summed E-state index contributed by atoms with van der Waals surface area (Å²) in [6.45, 7) is -0.647. The summed E-state index contributed by atoms with van der Waals surface area (Å²) in [6, 6.07) is 4.70. The van der Waals surface area contributed by atoms with E-state index in [-0.39, 0.29) is 5.75 Å². The maximum absolute atomic E-state index is 12.3. The van der Waals surface area contributed by atoms with Crippen molar-refractivity contribution in [2.45, 2.75) is 80.3 Å². The molecule has 9 N–H and O–H groups in total. The highest BCUT2D eigenvalue weighted by molar-refractivity contribution is 5.76. The Morgan fingerprint density at radius 3 is 2.25 bits per heavy atom. The minimum atomic E-state index is -2.70. The molecule has 16 nitrogen and oxygen atoms in total. The van der Waals surface area contributed by atoms with Gasteiger partial charge in [-0.2, -0.15) is 0 Å². The fraction of sp³-hybridized carbons (Fsp3) is 0.667. The molecule has 2 saturated heterocycles. The molecule has 1 aromatic carbocycles. The molecule has 0 saturated carbocycles. The van der Waals surface area contributed by atoms with Crippen molar-refractivity contribution in [2.75, 3.05) is 20.3 Å². The highest BCUT2D eigenvalue weighted by Crippen LogP contribution is 2.35. The summed E-state index contributed by atoms with van der Waals surface area (Å²) in [5.41, 5.74) is 0. The number of hydrogen-bond donors (Lipinski definition) is 9. The van der Waals surface area contributed by atoms with Gasteiger partial charge in [0.05, 0.1) is 32.5 Å². The van der Waals surface area contributed by atoms with Gasteiger partial charge in [0.15, 0.2) is 0 Å². The number of hydrogen-bond acceptors (Lipinski definition) is 14. The molecule has 0 bridgehead atoms. The van der Waals surface area contributed by atoms with Crippen LogP contribution in [-0.2, 0) is 23.8 Å². The molecule has 0 spiro atoms. The molecule has 1 amide bonds. The number of benzene rings is 1. The third-order valence-electron chi connectivity index (χ3n) is 6.65. The molecule has 0 aromatic heterocycles. The number of aliphatic hydroxyl groups excluding tert-OH is 7. The minimum absolute atomic E-state index is 0.206. The molecular weight excluding hydrogens is 542 g/mol. The number of carbonyl (C=O) groups excluding carboxylic acids is 1. The smallest absolute Gasteiger partial charge is 0.364 e. The van der Waals surface area contributed by atoms with E-state index in [0.29, 0.717) is 5.75 Å². The Hall–Kier alpha value is -2.64. The number of aliphatic carboxylic acids is 1. The van der Waals surface area contributed by atoms with Crippen molar-refractivity contribution in [1.29, 1.82) is 0 Å². The van der Waals surface area contributed by atoms with Gasteiger partial charge in [-0.1, -0.05) is 0 Å². The molecule has 0 radical (unpaired) electrons. The van der Waals surface area contributed by atoms with E-state index in [0.717, 1.165) is 6.92 Å². The molecule has 226 valence electrons. The van der Waals surface area contributed by atoms with Crippen LogP contribution in [-0.4, -0.2) is 140 Å². The summed E-state index contributed by atoms with van der Waals surface area (Å²) in [5.74, 6) is -4.42. The van der Waals surface area contributed by atoms with E-state index in [1.807, 2.05) is 0 Å². The second-order valence-corrected chi connectivity index (χ2v) is 9.50. The van der Waals surface area contributed by atoms with E-state index in [9.17, 15) is 50.4 Å². The van der Waals surface area contributed by atoms with Crippen molar-refractivity contribution < 1.29 is 74.1 Å². The van der Waals surface area contributed by atoms with Gasteiger partial charge in [-0.3, -0.25) is 4.79 Å². The zero-order valence-electron chi connectivity index (χ0n) is 21.6. The number of methoxy groups -OCH3 is 1. The lowest BCUT2D eigenvalue weighted by Crippen LogP contribution is -2.68. The third-order valence-corrected chi connectivity index (χ3v) is 6.65. The van der Waals surface area contributed by atoms with Gasteiger partial charge in [-0.05, 0) is 24.3 Å². The molecular formula is C24H35NO15. The van der Waals surface area contributed by atoms with Crippen LogP contribution in [0.4, 0.5) is 0 Å².